The summed E-state index contributed by atoms with van der Waals surface area (Å²) in [5.41, 5.74) is 0.426. The van der Waals surface area contributed by atoms with Crippen molar-refractivity contribution >= 4 is 57.9 Å². The van der Waals surface area contributed by atoms with Gasteiger partial charge in [-0.15, -0.1) is 11.3 Å². The van der Waals surface area contributed by atoms with Crippen molar-refractivity contribution in [1.29, 1.82) is 0 Å². The van der Waals surface area contributed by atoms with Crippen LogP contribution in [0.1, 0.15) is 15.2 Å². The van der Waals surface area contributed by atoms with E-state index in [-0.39, 0.29) is 16.2 Å². The number of carbonyl (C=O) groups excluding carboxylic acids is 4. The molecule has 1 aromatic carbocycles. The molecule has 2 heterocycles. The van der Waals surface area contributed by atoms with Crippen LogP contribution in [0.3, 0.4) is 0 Å². The summed E-state index contributed by atoms with van der Waals surface area (Å²) in [7, 11) is 1.24. The zero-order valence-corrected chi connectivity index (χ0v) is 15.8. The second-order valence-corrected chi connectivity index (χ2v) is 7.34. The van der Waals surface area contributed by atoms with Gasteiger partial charge in [0.15, 0.2) is 0 Å². The van der Waals surface area contributed by atoms with Gasteiger partial charge >= 0.3 is 5.97 Å². The highest BCUT2D eigenvalue weighted by atomic mass is 32.2. The summed E-state index contributed by atoms with van der Waals surface area (Å²) in [6.45, 7) is -0.443. The Bertz CT molecular complexity index is 937. The van der Waals surface area contributed by atoms with Crippen LogP contribution >= 0.6 is 23.1 Å². The number of thiophene rings is 1. The van der Waals surface area contributed by atoms with Gasteiger partial charge in [0, 0.05) is 4.88 Å². The molecule has 0 bridgehead atoms. The van der Waals surface area contributed by atoms with Crippen LogP contribution in [0, 0.1) is 0 Å². The van der Waals surface area contributed by atoms with Crippen molar-refractivity contribution in [2.24, 2.45) is 0 Å². The predicted molar refractivity (Wildman–Crippen MR) is 103 cm³/mol. The predicted octanol–water partition coefficient (Wildman–Crippen LogP) is 3.21. The molecular weight excluding hydrogens is 388 g/mol. The highest BCUT2D eigenvalue weighted by molar-refractivity contribution is 8.18. The SMILES string of the molecule is COC(=O)c1ccccc1NC(=O)CN1C(=O)S/C(=C\c2cccs2)C1=O. The second kappa shape index (κ2) is 8.19. The molecule has 1 aliphatic heterocycles. The molecule has 1 fully saturated rings. The van der Waals surface area contributed by atoms with Crippen molar-refractivity contribution < 1.29 is 23.9 Å². The number of hydrogen-bond donors (Lipinski definition) is 1. The molecule has 1 aromatic heterocycles. The average Bonchev–Trinajstić information content (AvgIpc) is 3.26. The Balaban J connectivity index is 1.71. The third kappa shape index (κ3) is 4.26. The number of ether oxygens (including phenoxy) is 1. The normalized spacial score (nSPS) is 15.3. The fourth-order valence-electron chi connectivity index (χ4n) is 2.35. The largest absolute Gasteiger partial charge is 0.465 e. The molecule has 0 spiro atoms. The summed E-state index contributed by atoms with van der Waals surface area (Å²) in [4.78, 5) is 50.6. The summed E-state index contributed by atoms with van der Waals surface area (Å²) in [6, 6.07) is 9.99. The van der Waals surface area contributed by atoms with Crippen molar-refractivity contribution in [3.05, 3.63) is 57.1 Å². The molecule has 0 saturated carbocycles. The topological polar surface area (TPSA) is 92.8 Å². The Morgan fingerprint density at radius 3 is 2.67 bits per heavy atom. The van der Waals surface area contributed by atoms with Gasteiger partial charge in [0.05, 0.1) is 23.3 Å². The molecule has 9 heteroatoms. The van der Waals surface area contributed by atoms with Gasteiger partial charge in [0.25, 0.3) is 11.1 Å². The minimum atomic E-state index is -0.601. The van der Waals surface area contributed by atoms with Crippen LogP contribution in [-0.4, -0.2) is 41.6 Å². The maximum absolute atomic E-state index is 12.4. The van der Waals surface area contributed by atoms with Gasteiger partial charge in [0.1, 0.15) is 6.54 Å². The van der Waals surface area contributed by atoms with Gasteiger partial charge in [-0.25, -0.2) is 4.79 Å². The van der Waals surface area contributed by atoms with Crippen molar-refractivity contribution in [1.82, 2.24) is 4.90 Å². The number of nitrogens with one attached hydrogen (secondary N) is 1. The minimum absolute atomic E-state index is 0.181. The molecule has 1 N–H and O–H groups in total. The van der Waals surface area contributed by atoms with Crippen LogP contribution in [0.15, 0.2) is 46.7 Å². The number of hydrogen-bond acceptors (Lipinski definition) is 7. The van der Waals surface area contributed by atoms with Crippen LogP contribution in [0.2, 0.25) is 0 Å². The van der Waals surface area contributed by atoms with Crippen LogP contribution in [0.25, 0.3) is 6.08 Å². The average molecular weight is 402 g/mol. The molecule has 0 aliphatic carbocycles. The molecule has 0 radical (unpaired) electrons. The van der Waals surface area contributed by atoms with Gasteiger partial charge in [-0.1, -0.05) is 18.2 Å². The Morgan fingerprint density at radius 2 is 1.96 bits per heavy atom. The molecule has 0 unspecified atom stereocenters. The lowest BCUT2D eigenvalue weighted by Gasteiger charge is -2.14. The third-order valence-electron chi connectivity index (χ3n) is 3.60. The minimum Gasteiger partial charge on any atom is -0.465 e. The number of anilines is 1. The van der Waals surface area contributed by atoms with Crippen molar-refractivity contribution in [2.75, 3.05) is 19.0 Å². The standard InChI is InChI=1S/C18H14N2O5S2/c1-25-17(23)12-6-2-3-7-13(12)19-15(21)10-20-16(22)14(27-18(20)24)9-11-5-4-8-26-11/h2-9H,10H2,1H3,(H,19,21)/b14-9-. The molecule has 2 aromatic rings. The fraction of sp³-hybridized carbons (Fsp3) is 0.111. The lowest BCUT2D eigenvalue weighted by atomic mass is 10.2. The summed E-state index contributed by atoms with van der Waals surface area (Å²) in [6.07, 6.45) is 1.63. The Labute approximate surface area is 163 Å². The van der Waals surface area contributed by atoms with Crippen LogP contribution in [0.4, 0.5) is 10.5 Å². The number of carbonyl (C=O) groups is 4. The van der Waals surface area contributed by atoms with Gasteiger partial charge in [-0.2, -0.15) is 0 Å². The van der Waals surface area contributed by atoms with E-state index < -0.39 is 29.6 Å². The van der Waals surface area contributed by atoms with Crippen LogP contribution in [0.5, 0.6) is 0 Å². The second-order valence-electron chi connectivity index (χ2n) is 5.37. The first-order valence-corrected chi connectivity index (χ1v) is 9.45. The molecule has 3 amide bonds. The number of benzene rings is 1. The Hall–Kier alpha value is -2.91. The summed E-state index contributed by atoms with van der Waals surface area (Å²) in [5.74, 6) is -1.71. The van der Waals surface area contributed by atoms with Gasteiger partial charge in [-0.3, -0.25) is 19.3 Å². The number of esters is 1. The number of nitrogens with zero attached hydrogens (tertiary/aromatic N) is 1. The van der Waals surface area contributed by atoms with E-state index >= 15 is 0 Å². The number of imide groups is 1. The molecule has 27 heavy (non-hydrogen) atoms. The maximum atomic E-state index is 12.4. The first-order chi connectivity index (χ1) is 13.0. The Kier molecular flexibility index (Phi) is 5.72. The van der Waals surface area contributed by atoms with Gasteiger partial charge in [-0.05, 0) is 41.4 Å². The van der Waals surface area contributed by atoms with Crippen molar-refractivity contribution in [3.8, 4) is 0 Å². The molecule has 7 nitrogen and oxygen atoms in total. The third-order valence-corrected chi connectivity index (χ3v) is 5.33. The summed E-state index contributed by atoms with van der Waals surface area (Å²) in [5, 5.41) is 3.89. The van der Waals surface area contributed by atoms with E-state index in [1.165, 1.54) is 30.6 Å². The highest BCUT2D eigenvalue weighted by Crippen LogP contribution is 2.32. The van der Waals surface area contributed by atoms with Crippen LogP contribution in [-0.2, 0) is 14.3 Å². The first kappa shape index (κ1) is 18.9. The number of para-hydroxylation sites is 1. The van der Waals surface area contributed by atoms with Gasteiger partial charge in [0.2, 0.25) is 5.91 Å². The van der Waals surface area contributed by atoms with Crippen molar-refractivity contribution in [3.63, 3.8) is 0 Å². The van der Waals surface area contributed by atoms with Gasteiger partial charge < -0.3 is 10.1 Å². The van der Waals surface area contributed by atoms with Crippen LogP contribution < -0.4 is 5.32 Å². The zero-order chi connectivity index (χ0) is 19.4. The number of rotatable bonds is 5. The summed E-state index contributed by atoms with van der Waals surface area (Å²) < 4.78 is 4.67. The van der Waals surface area contributed by atoms with E-state index in [0.717, 1.165) is 21.5 Å². The monoisotopic (exact) mass is 402 g/mol. The lowest BCUT2D eigenvalue weighted by Crippen LogP contribution is -2.36. The molecular formula is C18H14N2O5S2. The van der Waals surface area contributed by atoms with E-state index in [2.05, 4.69) is 10.1 Å². The fourth-order valence-corrected chi connectivity index (χ4v) is 3.91. The molecule has 0 atom stereocenters. The van der Waals surface area contributed by atoms with E-state index in [0.29, 0.717) is 0 Å². The quantitative estimate of drug-likeness (QED) is 0.610. The zero-order valence-electron chi connectivity index (χ0n) is 14.1. The molecule has 1 saturated heterocycles. The number of amides is 3. The Morgan fingerprint density at radius 1 is 1.19 bits per heavy atom. The van der Waals surface area contributed by atoms with E-state index in [1.54, 1.807) is 18.2 Å². The molecule has 1 aliphatic rings. The van der Waals surface area contributed by atoms with E-state index in [1.807, 2.05) is 17.5 Å². The first-order valence-electron chi connectivity index (χ1n) is 7.75. The summed E-state index contributed by atoms with van der Waals surface area (Å²) >= 11 is 2.23. The van der Waals surface area contributed by atoms with E-state index in [9.17, 15) is 19.2 Å². The molecule has 138 valence electrons. The number of thioether (sulfide) groups is 1. The smallest absolute Gasteiger partial charge is 0.339 e. The molecule has 3 rings (SSSR count). The maximum Gasteiger partial charge on any atom is 0.339 e. The number of methoxy groups -OCH3 is 1. The van der Waals surface area contributed by atoms with E-state index in [4.69, 9.17) is 0 Å². The van der Waals surface area contributed by atoms with Crippen molar-refractivity contribution in [2.45, 2.75) is 0 Å². The lowest BCUT2D eigenvalue weighted by molar-refractivity contribution is -0.127. The highest BCUT2D eigenvalue weighted by Gasteiger charge is 2.36.